The quantitative estimate of drug-likeness (QED) is 0.869. The van der Waals surface area contributed by atoms with Crippen molar-refractivity contribution in [1.82, 2.24) is 10.3 Å². The number of amides is 1. The molecule has 0 bridgehead atoms. The van der Waals surface area contributed by atoms with Gasteiger partial charge in [-0.05, 0) is 37.3 Å². The molecule has 0 unspecified atom stereocenters. The first-order valence-corrected chi connectivity index (χ1v) is 7.19. The van der Waals surface area contributed by atoms with Crippen molar-refractivity contribution in [2.75, 3.05) is 6.61 Å². The van der Waals surface area contributed by atoms with Crippen LogP contribution in [0.25, 0.3) is 0 Å². The fourth-order valence-electron chi connectivity index (χ4n) is 1.55. The van der Waals surface area contributed by atoms with Crippen molar-refractivity contribution in [3.05, 3.63) is 52.6 Å². The number of aliphatic hydroxyl groups excluding tert-OH is 1. The minimum Gasteiger partial charge on any atom is -0.439 e. The predicted octanol–water partition coefficient (Wildman–Crippen LogP) is 2.75. The van der Waals surface area contributed by atoms with Gasteiger partial charge in [0, 0.05) is 22.8 Å². The van der Waals surface area contributed by atoms with Crippen molar-refractivity contribution in [2.45, 2.75) is 13.0 Å². The number of nitrogens with one attached hydrogen (secondary N) is 1. The second-order valence-electron chi connectivity index (χ2n) is 4.50. The van der Waals surface area contributed by atoms with Gasteiger partial charge in [0.05, 0.1) is 12.2 Å². The summed E-state index contributed by atoms with van der Waals surface area (Å²) in [5, 5.41) is 11.6. The average Bonchev–Trinajstić information content (AvgIpc) is 2.50. The third-order valence-corrected chi connectivity index (χ3v) is 3.21. The molecule has 0 spiro atoms. The summed E-state index contributed by atoms with van der Waals surface area (Å²) in [6.45, 7) is 1.61. The molecule has 21 heavy (non-hydrogen) atoms. The Labute approximate surface area is 131 Å². The minimum absolute atomic E-state index is 0.107. The minimum atomic E-state index is -0.295. The molecule has 2 N–H and O–H groups in total. The van der Waals surface area contributed by atoms with E-state index in [4.69, 9.17) is 9.84 Å². The number of aromatic nitrogens is 1. The summed E-state index contributed by atoms with van der Waals surface area (Å²) in [5.41, 5.74) is 0.415. The van der Waals surface area contributed by atoms with Crippen LogP contribution in [0.1, 0.15) is 17.3 Å². The fraction of sp³-hybridized carbons (Fsp3) is 0.200. The van der Waals surface area contributed by atoms with E-state index in [1.165, 1.54) is 6.20 Å². The smallest absolute Gasteiger partial charge is 0.253 e. The molecule has 1 heterocycles. The first-order valence-electron chi connectivity index (χ1n) is 6.39. The van der Waals surface area contributed by atoms with Gasteiger partial charge in [0.2, 0.25) is 5.88 Å². The number of pyridine rings is 1. The molecule has 6 heteroatoms. The van der Waals surface area contributed by atoms with Crippen molar-refractivity contribution in [3.8, 4) is 11.6 Å². The second-order valence-corrected chi connectivity index (χ2v) is 5.41. The van der Waals surface area contributed by atoms with Crippen LogP contribution in [0.15, 0.2) is 47.1 Å². The lowest BCUT2D eigenvalue weighted by Crippen LogP contribution is -2.34. The molecule has 0 aliphatic heterocycles. The van der Waals surface area contributed by atoms with Gasteiger partial charge in [-0.15, -0.1) is 0 Å². The molecular formula is C15H15BrN2O3. The van der Waals surface area contributed by atoms with Crippen LogP contribution in [0.2, 0.25) is 0 Å². The van der Waals surface area contributed by atoms with E-state index in [0.717, 1.165) is 4.47 Å². The molecule has 5 nitrogen and oxygen atoms in total. The Balaban J connectivity index is 2.01. The zero-order valence-corrected chi connectivity index (χ0v) is 13.0. The summed E-state index contributed by atoms with van der Waals surface area (Å²) in [6.07, 6.45) is 1.44. The zero-order chi connectivity index (χ0) is 15.2. The van der Waals surface area contributed by atoms with Gasteiger partial charge < -0.3 is 15.2 Å². The van der Waals surface area contributed by atoms with Gasteiger partial charge in [-0.1, -0.05) is 15.9 Å². The van der Waals surface area contributed by atoms with Crippen LogP contribution in [0, 0.1) is 0 Å². The van der Waals surface area contributed by atoms with Gasteiger partial charge in [-0.2, -0.15) is 0 Å². The van der Waals surface area contributed by atoms with Gasteiger partial charge in [0.1, 0.15) is 5.75 Å². The lowest BCUT2D eigenvalue weighted by atomic mass is 10.2. The first-order chi connectivity index (χ1) is 10.1. The number of halogens is 1. The lowest BCUT2D eigenvalue weighted by Gasteiger charge is -2.10. The van der Waals surface area contributed by atoms with Crippen LogP contribution in [-0.2, 0) is 0 Å². The highest BCUT2D eigenvalue weighted by Crippen LogP contribution is 2.21. The van der Waals surface area contributed by atoms with E-state index >= 15 is 0 Å². The summed E-state index contributed by atoms with van der Waals surface area (Å²) in [4.78, 5) is 15.9. The number of nitrogens with zero attached hydrogens (tertiary/aromatic N) is 1. The number of ether oxygens (including phenoxy) is 1. The maximum atomic E-state index is 11.8. The number of carbonyl (C=O) groups excluding carboxylic acids is 1. The SMILES string of the molecule is C[C@@H](CO)NC(=O)c1ccc(Oc2ccc(Br)cc2)nc1. The maximum absolute atomic E-state index is 11.8. The van der Waals surface area contributed by atoms with Crippen molar-refractivity contribution in [1.29, 1.82) is 0 Å². The number of carbonyl (C=O) groups is 1. The van der Waals surface area contributed by atoms with E-state index in [9.17, 15) is 4.79 Å². The zero-order valence-electron chi connectivity index (χ0n) is 11.4. The number of hydrogen-bond acceptors (Lipinski definition) is 4. The van der Waals surface area contributed by atoms with Crippen molar-refractivity contribution >= 4 is 21.8 Å². The third-order valence-electron chi connectivity index (χ3n) is 2.69. The van der Waals surface area contributed by atoms with Gasteiger partial charge in [0.25, 0.3) is 5.91 Å². The second kappa shape index (κ2) is 7.19. The van der Waals surface area contributed by atoms with Crippen molar-refractivity contribution < 1.29 is 14.6 Å². The molecule has 0 aliphatic rings. The standard InChI is InChI=1S/C15H15BrN2O3/c1-10(9-19)18-15(20)11-2-7-14(17-8-11)21-13-5-3-12(16)4-6-13/h2-8,10,19H,9H2,1H3,(H,18,20)/t10-/m0/s1. The van der Waals surface area contributed by atoms with Crippen LogP contribution in [-0.4, -0.2) is 28.6 Å². The number of aliphatic hydroxyl groups is 1. The molecule has 1 aromatic heterocycles. The molecule has 0 aliphatic carbocycles. The van der Waals surface area contributed by atoms with Crippen molar-refractivity contribution in [2.24, 2.45) is 0 Å². The number of hydrogen-bond donors (Lipinski definition) is 2. The lowest BCUT2D eigenvalue weighted by molar-refractivity contribution is 0.0922. The molecule has 1 atom stereocenters. The Morgan fingerprint density at radius 1 is 1.33 bits per heavy atom. The molecule has 0 fully saturated rings. The Bertz CT molecular complexity index is 599. The molecular weight excluding hydrogens is 336 g/mol. The topological polar surface area (TPSA) is 71.5 Å². The highest BCUT2D eigenvalue weighted by atomic mass is 79.9. The Kier molecular flexibility index (Phi) is 5.30. The first kappa shape index (κ1) is 15.5. The van der Waals surface area contributed by atoms with E-state index in [2.05, 4.69) is 26.2 Å². The van der Waals surface area contributed by atoms with Crippen LogP contribution in [0.4, 0.5) is 0 Å². The van der Waals surface area contributed by atoms with E-state index < -0.39 is 0 Å². The highest BCUT2D eigenvalue weighted by Gasteiger charge is 2.09. The molecule has 0 radical (unpaired) electrons. The molecule has 1 aromatic carbocycles. The Morgan fingerprint density at radius 2 is 2.05 bits per heavy atom. The largest absolute Gasteiger partial charge is 0.439 e. The van der Waals surface area contributed by atoms with Crippen molar-refractivity contribution in [3.63, 3.8) is 0 Å². The van der Waals surface area contributed by atoms with Crippen LogP contribution >= 0.6 is 15.9 Å². The highest BCUT2D eigenvalue weighted by molar-refractivity contribution is 9.10. The third kappa shape index (κ3) is 4.54. The van der Waals surface area contributed by atoms with Gasteiger partial charge in [-0.25, -0.2) is 4.98 Å². The summed E-state index contributed by atoms with van der Waals surface area (Å²) >= 11 is 3.35. The van der Waals surface area contributed by atoms with Crippen LogP contribution in [0.5, 0.6) is 11.6 Å². The summed E-state index contributed by atoms with van der Waals surface area (Å²) in [5.74, 6) is 0.792. The van der Waals surface area contributed by atoms with Gasteiger partial charge in [-0.3, -0.25) is 4.79 Å². The van der Waals surface area contributed by atoms with E-state index in [-0.39, 0.29) is 18.6 Å². The van der Waals surface area contributed by atoms with E-state index in [1.54, 1.807) is 19.1 Å². The Hall–Kier alpha value is -1.92. The van der Waals surface area contributed by atoms with E-state index in [1.807, 2.05) is 24.3 Å². The summed E-state index contributed by atoms with van der Waals surface area (Å²) < 4.78 is 6.53. The fourth-order valence-corrected chi connectivity index (χ4v) is 1.82. The van der Waals surface area contributed by atoms with Gasteiger partial charge >= 0.3 is 0 Å². The predicted molar refractivity (Wildman–Crippen MR) is 82.5 cm³/mol. The molecule has 2 rings (SSSR count). The van der Waals surface area contributed by atoms with Gasteiger partial charge in [0.15, 0.2) is 0 Å². The summed E-state index contributed by atoms with van der Waals surface area (Å²) in [6, 6.07) is 10.3. The summed E-state index contributed by atoms with van der Waals surface area (Å²) in [7, 11) is 0. The number of benzene rings is 1. The normalized spacial score (nSPS) is 11.8. The maximum Gasteiger partial charge on any atom is 0.253 e. The van der Waals surface area contributed by atoms with Crippen LogP contribution in [0.3, 0.4) is 0 Å². The average molecular weight is 351 g/mol. The van der Waals surface area contributed by atoms with Crippen LogP contribution < -0.4 is 10.1 Å². The Morgan fingerprint density at radius 3 is 2.62 bits per heavy atom. The molecule has 1 amide bonds. The molecule has 0 saturated carbocycles. The van der Waals surface area contributed by atoms with E-state index in [0.29, 0.717) is 17.2 Å². The molecule has 0 saturated heterocycles. The molecule has 110 valence electrons. The number of rotatable bonds is 5. The monoisotopic (exact) mass is 350 g/mol. The molecule has 2 aromatic rings.